The summed E-state index contributed by atoms with van der Waals surface area (Å²) in [5, 5.41) is 0. The molecule has 25 heavy (non-hydrogen) atoms. The van der Waals surface area contributed by atoms with Crippen LogP contribution in [0.15, 0.2) is 46.6 Å². The van der Waals surface area contributed by atoms with Crippen molar-refractivity contribution >= 4 is 0 Å². The molecule has 0 aromatic heterocycles. The summed E-state index contributed by atoms with van der Waals surface area (Å²) in [6.07, 6.45) is 15.9. The SMILES string of the molecule is CC1CCC(C)C2=C1C=C[CH]2[Zr+2][CH]1C=CC2=C1C(C)CCC2C.[Cl-].[Cl-]. The van der Waals surface area contributed by atoms with E-state index in [9.17, 15) is 0 Å². The molecule has 0 fully saturated rings. The van der Waals surface area contributed by atoms with Crippen molar-refractivity contribution in [2.45, 2.75) is 60.6 Å². The van der Waals surface area contributed by atoms with Gasteiger partial charge in [0.15, 0.2) is 0 Å². The van der Waals surface area contributed by atoms with Crippen molar-refractivity contribution in [3.63, 3.8) is 0 Å². The topological polar surface area (TPSA) is 0 Å². The van der Waals surface area contributed by atoms with Crippen LogP contribution in [-0.2, 0) is 23.2 Å². The molecule has 0 saturated heterocycles. The van der Waals surface area contributed by atoms with Gasteiger partial charge in [0.2, 0.25) is 0 Å². The Bertz CT molecular complexity index is 574. The van der Waals surface area contributed by atoms with Crippen LogP contribution in [-0.4, -0.2) is 0 Å². The van der Waals surface area contributed by atoms with Crippen LogP contribution in [0, 0.1) is 23.7 Å². The minimum atomic E-state index is -0.498. The second-order valence-corrected chi connectivity index (χ2v) is 12.3. The molecule has 136 valence electrons. The molecule has 0 aromatic carbocycles. The second-order valence-electron chi connectivity index (χ2n) is 8.42. The van der Waals surface area contributed by atoms with E-state index in [-0.39, 0.29) is 24.8 Å². The quantitative estimate of drug-likeness (QED) is 0.569. The molecule has 6 unspecified atom stereocenters. The van der Waals surface area contributed by atoms with Crippen LogP contribution in [0.2, 0.25) is 7.25 Å². The summed E-state index contributed by atoms with van der Waals surface area (Å²) in [5.41, 5.74) is 7.20. The van der Waals surface area contributed by atoms with Gasteiger partial charge in [0.05, 0.1) is 0 Å². The van der Waals surface area contributed by atoms with E-state index in [1.54, 1.807) is 11.1 Å². The zero-order chi connectivity index (χ0) is 16.1. The molecule has 4 aliphatic carbocycles. The van der Waals surface area contributed by atoms with Crippen LogP contribution < -0.4 is 24.8 Å². The second kappa shape index (κ2) is 8.62. The molecule has 6 atom stereocenters. The molecule has 4 aliphatic rings. The number of hydrogen-bond donors (Lipinski definition) is 0. The van der Waals surface area contributed by atoms with Gasteiger partial charge in [-0.15, -0.1) is 0 Å². The zero-order valence-corrected chi connectivity index (χ0v) is 19.8. The first-order valence-corrected chi connectivity index (χ1v) is 12.5. The molecular formula is C22H30Cl2Zr. The summed E-state index contributed by atoms with van der Waals surface area (Å²) in [6.45, 7) is 9.86. The average Bonchev–Trinajstić information content (AvgIpc) is 3.14. The minimum absolute atomic E-state index is 0. The van der Waals surface area contributed by atoms with Gasteiger partial charge in [0.1, 0.15) is 0 Å². The largest absolute Gasteiger partial charge is 1.00 e. The number of halogens is 2. The maximum Gasteiger partial charge on any atom is -1.00 e. The fraction of sp³-hybridized carbons (Fsp3) is 0.636. The molecule has 3 heteroatoms. The van der Waals surface area contributed by atoms with Gasteiger partial charge in [-0.3, -0.25) is 0 Å². The van der Waals surface area contributed by atoms with Crippen molar-refractivity contribution in [1.82, 2.24) is 0 Å². The molecule has 0 aliphatic heterocycles. The summed E-state index contributed by atoms with van der Waals surface area (Å²) < 4.78 is 1.74. The Morgan fingerprint density at radius 3 is 1.40 bits per heavy atom. The fourth-order valence-corrected chi connectivity index (χ4v) is 10.4. The van der Waals surface area contributed by atoms with Crippen LogP contribution in [0.25, 0.3) is 0 Å². The third-order valence-corrected chi connectivity index (χ3v) is 11.1. The van der Waals surface area contributed by atoms with E-state index in [1.807, 2.05) is 11.1 Å². The van der Waals surface area contributed by atoms with Gasteiger partial charge >= 0.3 is 154 Å². The van der Waals surface area contributed by atoms with Crippen LogP contribution >= 0.6 is 0 Å². The van der Waals surface area contributed by atoms with Crippen molar-refractivity contribution in [2.24, 2.45) is 23.7 Å². The number of rotatable bonds is 2. The maximum absolute atomic E-state index is 2.61. The Morgan fingerprint density at radius 1 is 0.640 bits per heavy atom. The molecule has 0 aromatic rings. The predicted molar refractivity (Wildman–Crippen MR) is 95.0 cm³/mol. The predicted octanol–water partition coefficient (Wildman–Crippen LogP) is 0.519. The van der Waals surface area contributed by atoms with E-state index in [0.717, 1.165) is 30.9 Å². The van der Waals surface area contributed by atoms with Crippen molar-refractivity contribution in [3.05, 3.63) is 46.6 Å². The molecule has 0 N–H and O–H groups in total. The summed E-state index contributed by atoms with van der Waals surface area (Å²) in [4.78, 5) is 0. The third-order valence-electron chi connectivity index (χ3n) is 6.82. The van der Waals surface area contributed by atoms with Gasteiger partial charge in [0.25, 0.3) is 0 Å². The first-order valence-electron chi connectivity index (χ1n) is 9.66. The average molecular weight is 457 g/mol. The van der Waals surface area contributed by atoms with Gasteiger partial charge in [-0.2, -0.15) is 0 Å². The molecule has 0 bridgehead atoms. The smallest absolute Gasteiger partial charge is 1.00 e. The molecule has 0 spiro atoms. The molecule has 4 rings (SSSR count). The Labute approximate surface area is 178 Å². The van der Waals surface area contributed by atoms with E-state index >= 15 is 0 Å². The summed E-state index contributed by atoms with van der Waals surface area (Å²) in [7, 11) is 0. The van der Waals surface area contributed by atoms with Crippen molar-refractivity contribution in [2.75, 3.05) is 0 Å². The monoisotopic (exact) mass is 454 g/mol. The van der Waals surface area contributed by atoms with E-state index in [4.69, 9.17) is 0 Å². The van der Waals surface area contributed by atoms with E-state index in [1.165, 1.54) is 25.7 Å². The van der Waals surface area contributed by atoms with E-state index in [2.05, 4.69) is 52.0 Å². The summed E-state index contributed by atoms with van der Waals surface area (Å²) >= 11 is -0.498. The van der Waals surface area contributed by atoms with Gasteiger partial charge in [-0.25, -0.2) is 0 Å². The van der Waals surface area contributed by atoms with Crippen molar-refractivity contribution < 1.29 is 48.0 Å². The van der Waals surface area contributed by atoms with Crippen molar-refractivity contribution in [1.29, 1.82) is 0 Å². The first kappa shape index (κ1) is 21.7. The van der Waals surface area contributed by atoms with Gasteiger partial charge in [-0.05, 0) is 0 Å². The first-order chi connectivity index (χ1) is 11.1. The van der Waals surface area contributed by atoms with Gasteiger partial charge < -0.3 is 24.8 Å². The van der Waals surface area contributed by atoms with Crippen molar-refractivity contribution in [3.8, 4) is 0 Å². The Morgan fingerprint density at radius 2 is 1.00 bits per heavy atom. The maximum atomic E-state index is 2.61. The van der Waals surface area contributed by atoms with Crippen LogP contribution in [0.3, 0.4) is 0 Å². The molecule has 0 radical (unpaired) electrons. The molecule has 0 saturated carbocycles. The standard InChI is InChI=1S/2C11H15.2ClH.Zr/c2*1-8-6-7-9(2)11-5-3-4-10(8)11;;;/h2*3-5,8-9H,6-7H2,1-2H3;2*1H;/q;;;;+2/p-2. The molecule has 0 amide bonds. The Balaban J connectivity index is 0.00000113. The zero-order valence-electron chi connectivity index (χ0n) is 15.9. The normalized spacial score (nSPS) is 38.7. The molecule has 0 nitrogen and oxygen atoms in total. The van der Waals surface area contributed by atoms with Gasteiger partial charge in [-0.1, -0.05) is 0 Å². The van der Waals surface area contributed by atoms with Gasteiger partial charge in [0, 0.05) is 0 Å². The number of hydrogen-bond acceptors (Lipinski definition) is 0. The fourth-order valence-electron chi connectivity index (χ4n) is 5.34. The molecular weight excluding hydrogens is 426 g/mol. The van der Waals surface area contributed by atoms with Crippen LogP contribution in [0.4, 0.5) is 0 Å². The summed E-state index contributed by atoms with van der Waals surface area (Å²) in [6, 6.07) is 0. The summed E-state index contributed by atoms with van der Waals surface area (Å²) in [5.74, 6) is 3.29. The third kappa shape index (κ3) is 3.86. The van der Waals surface area contributed by atoms with E-state index in [0.29, 0.717) is 0 Å². The van der Waals surface area contributed by atoms with Crippen LogP contribution in [0.1, 0.15) is 53.4 Å². The Hall–Kier alpha value is 0.423. The molecule has 0 heterocycles. The van der Waals surface area contributed by atoms with Crippen LogP contribution in [0.5, 0.6) is 0 Å². The van der Waals surface area contributed by atoms with E-state index < -0.39 is 23.2 Å². The Kier molecular flexibility index (Phi) is 7.49. The minimum Gasteiger partial charge on any atom is -1.00 e. The number of allylic oxidation sites excluding steroid dienone is 8.